The standard InChI is InChI=1S/C16H10ClN7O2/c17-9-5-3-8(4-6-9)12-11-13(15(25)20-19-12)18-16-21-22-23-24(16)14(11)10-2-1-7-26-10/h1-7,14H,(H,20,25)(H,18,21,23)/t14-/m1/s1. The quantitative estimate of drug-likeness (QED) is 0.492. The van der Waals surface area contributed by atoms with Gasteiger partial charge >= 0.3 is 0 Å². The summed E-state index contributed by atoms with van der Waals surface area (Å²) in [5, 5.41) is 22.0. The van der Waals surface area contributed by atoms with E-state index in [0.29, 0.717) is 33.7 Å². The first-order valence-electron chi connectivity index (χ1n) is 7.69. The van der Waals surface area contributed by atoms with Crippen LogP contribution in [0.5, 0.6) is 0 Å². The van der Waals surface area contributed by atoms with Crippen molar-refractivity contribution in [1.29, 1.82) is 0 Å². The molecule has 1 aliphatic rings. The van der Waals surface area contributed by atoms with E-state index in [9.17, 15) is 4.79 Å². The predicted octanol–water partition coefficient (Wildman–Crippen LogP) is 2.36. The van der Waals surface area contributed by atoms with Crippen LogP contribution in [0.4, 0.5) is 11.6 Å². The van der Waals surface area contributed by atoms with Crippen LogP contribution in [0, 0.1) is 0 Å². The Balaban J connectivity index is 1.82. The number of H-pyrrole nitrogens is 1. The Labute approximate surface area is 150 Å². The summed E-state index contributed by atoms with van der Waals surface area (Å²) in [5.41, 5.74) is 1.94. The molecule has 10 heteroatoms. The van der Waals surface area contributed by atoms with Crippen molar-refractivity contribution in [3.63, 3.8) is 0 Å². The molecule has 3 aromatic heterocycles. The van der Waals surface area contributed by atoms with E-state index in [2.05, 4.69) is 31.0 Å². The summed E-state index contributed by atoms with van der Waals surface area (Å²) in [5.74, 6) is 0.932. The molecule has 0 radical (unpaired) electrons. The fourth-order valence-corrected chi connectivity index (χ4v) is 3.20. The minimum atomic E-state index is -0.535. The monoisotopic (exact) mass is 367 g/mol. The van der Waals surface area contributed by atoms with Crippen LogP contribution in [-0.2, 0) is 0 Å². The van der Waals surface area contributed by atoms with E-state index in [-0.39, 0.29) is 5.56 Å². The van der Waals surface area contributed by atoms with Crippen molar-refractivity contribution < 1.29 is 4.42 Å². The fraction of sp³-hybridized carbons (Fsp3) is 0.0625. The Morgan fingerprint density at radius 1 is 1.19 bits per heavy atom. The molecule has 0 saturated heterocycles. The number of aromatic nitrogens is 6. The zero-order chi connectivity index (χ0) is 17.7. The first-order chi connectivity index (χ1) is 12.7. The van der Waals surface area contributed by atoms with Gasteiger partial charge in [0.05, 0.1) is 12.0 Å². The van der Waals surface area contributed by atoms with Gasteiger partial charge in [0, 0.05) is 16.1 Å². The average molecular weight is 368 g/mol. The maximum absolute atomic E-state index is 12.4. The van der Waals surface area contributed by atoms with Crippen molar-refractivity contribution in [1.82, 2.24) is 30.4 Å². The van der Waals surface area contributed by atoms with Gasteiger partial charge in [-0.3, -0.25) is 4.79 Å². The van der Waals surface area contributed by atoms with Crippen LogP contribution in [0.15, 0.2) is 51.9 Å². The highest BCUT2D eigenvalue weighted by Crippen LogP contribution is 2.41. The van der Waals surface area contributed by atoms with Gasteiger partial charge in [0.1, 0.15) is 17.5 Å². The Morgan fingerprint density at radius 3 is 2.81 bits per heavy atom. The molecule has 0 saturated carbocycles. The molecule has 1 aromatic carbocycles. The van der Waals surface area contributed by atoms with E-state index >= 15 is 0 Å². The van der Waals surface area contributed by atoms with Gasteiger partial charge in [-0.2, -0.15) is 9.78 Å². The Morgan fingerprint density at radius 2 is 2.04 bits per heavy atom. The largest absolute Gasteiger partial charge is 0.467 e. The average Bonchev–Trinajstić information content (AvgIpc) is 3.33. The van der Waals surface area contributed by atoms with Crippen molar-refractivity contribution in [3.05, 3.63) is 69.4 Å². The summed E-state index contributed by atoms with van der Waals surface area (Å²) >= 11 is 5.99. The van der Waals surface area contributed by atoms with Crippen molar-refractivity contribution in [2.75, 3.05) is 5.32 Å². The Hall–Kier alpha value is -3.46. The molecule has 9 nitrogen and oxygen atoms in total. The number of benzene rings is 1. The second-order valence-electron chi connectivity index (χ2n) is 5.69. The highest BCUT2D eigenvalue weighted by molar-refractivity contribution is 6.30. The molecule has 0 spiro atoms. The van der Waals surface area contributed by atoms with E-state index in [1.54, 1.807) is 35.2 Å². The minimum Gasteiger partial charge on any atom is -0.467 e. The summed E-state index contributed by atoms with van der Waals surface area (Å²) in [4.78, 5) is 12.4. The maximum Gasteiger partial charge on any atom is 0.288 e. The van der Waals surface area contributed by atoms with E-state index in [1.807, 2.05) is 12.1 Å². The number of hydrogen-bond acceptors (Lipinski definition) is 7. The second kappa shape index (κ2) is 5.53. The van der Waals surface area contributed by atoms with Gasteiger partial charge in [-0.1, -0.05) is 28.8 Å². The number of furan rings is 1. The summed E-state index contributed by atoms with van der Waals surface area (Å²) in [7, 11) is 0. The molecule has 0 aliphatic carbocycles. The van der Waals surface area contributed by atoms with E-state index < -0.39 is 6.04 Å². The number of rotatable bonds is 2. The predicted molar refractivity (Wildman–Crippen MR) is 92.4 cm³/mol. The third kappa shape index (κ3) is 2.14. The van der Waals surface area contributed by atoms with Gasteiger partial charge in [-0.15, -0.1) is 0 Å². The molecule has 1 aliphatic heterocycles. The number of aromatic amines is 1. The number of tetrazole rings is 1. The van der Waals surface area contributed by atoms with Crippen molar-refractivity contribution in [2.24, 2.45) is 0 Å². The van der Waals surface area contributed by atoms with Crippen LogP contribution >= 0.6 is 11.6 Å². The van der Waals surface area contributed by atoms with Gasteiger partial charge in [0.15, 0.2) is 0 Å². The third-order valence-electron chi connectivity index (χ3n) is 4.20. The SMILES string of the molecule is O=c1[nH]nc(-c2ccc(Cl)cc2)c2c1Nc1nnnn1[C@@H]2c1ccco1. The maximum atomic E-state index is 12.4. The highest BCUT2D eigenvalue weighted by atomic mass is 35.5. The van der Waals surface area contributed by atoms with Crippen LogP contribution in [0.25, 0.3) is 11.3 Å². The van der Waals surface area contributed by atoms with Crippen molar-refractivity contribution in [2.45, 2.75) is 6.04 Å². The fourth-order valence-electron chi connectivity index (χ4n) is 3.08. The van der Waals surface area contributed by atoms with Crippen molar-refractivity contribution in [3.8, 4) is 11.3 Å². The molecule has 4 aromatic rings. The lowest BCUT2D eigenvalue weighted by Gasteiger charge is -2.26. The number of hydrogen-bond donors (Lipinski definition) is 2. The number of nitrogens with zero attached hydrogens (tertiary/aromatic N) is 5. The molecule has 1 atom stereocenters. The first-order valence-corrected chi connectivity index (χ1v) is 8.07. The Bertz CT molecular complexity index is 1150. The molecule has 2 N–H and O–H groups in total. The molecule has 0 unspecified atom stereocenters. The molecule has 0 bridgehead atoms. The van der Waals surface area contributed by atoms with Gasteiger partial charge in [0.25, 0.3) is 5.56 Å². The molecule has 0 amide bonds. The normalized spacial score (nSPS) is 15.2. The first kappa shape index (κ1) is 14.8. The van der Waals surface area contributed by atoms with Gasteiger partial charge in [-0.05, 0) is 34.7 Å². The summed E-state index contributed by atoms with van der Waals surface area (Å²) < 4.78 is 7.16. The molecule has 4 heterocycles. The lowest BCUT2D eigenvalue weighted by Crippen LogP contribution is -2.28. The topological polar surface area (TPSA) is 115 Å². The smallest absolute Gasteiger partial charge is 0.288 e. The van der Waals surface area contributed by atoms with E-state index in [1.165, 1.54) is 0 Å². The molecule has 26 heavy (non-hydrogen) atoms. The number of anilines is 2. The minimum absolute atomic E-state index is 0.327. The molecular formula is C16H10ClN7O2. The van der Waals surface area contributed by atoms with Crippen LogP contribution in [0.1, 0.15) is 17.4 Å². The van der Waals surface area contributed by atoms with Crippen LogP contribution < -0.4 is 10.9 Å². The summed E-state index contributed by atoms with van der Waals surface area (Å²) in [6, 6.07) is 10.2. The Kier molecular flexibility index (Phi) is 3.16. The van der Waals surface area contributed by atoms with Gasteiger partial charge in [-0.25, -0.2) is 5.10 Å². The number of halogens is 1. The van der Waals surface area contributed by atoms with Gasteiger partial charge in [0.2, 0.25) is 5.95 Å². The van der Waals surface area contributed by atoms with E-state index in [4.69, 9.17) is 16.0 Å². The van der Waals surface area contributed by atoms with Crippen LogP contribution in [-0.4, -0.2) is 30.4 Å². The highest BCUT2D eigenvalue weighted by Gasteiger charge is 2.35. The van der Waals surface area contributed by atoms with E-state index in [0.717, 1.165) is 5.56 Å². The number of fused-ring (bicyclic) bond motifs is 2. The zero-order valence-corrected chi connectivity index (χ0v) is 13.8. The summed E-state index contributed by atoms with van der Waals surface area (Å²) in [6.45, 7) is 0. The third-order valence-corrected chi connectivity index (χ3v) is 4.45. The lowest BCUT2D eigenvalue weighted by molar-refractivity contribution is 0.435. The summed E-state index contributed by atoms with van der Waals surface area (Å²) in [6.07, 6.45) is 1.56. The van der Waals surface area contributed by atoms with Gasteiger partial charge < -0.3 is 9.73 Å². The molecule has 0 fully saturated rings. The number of nitrogens with one attached hydrogen (secondary N) is 2. The molecule has 128 valence electrons. The van der Waals surface area contributed by atoms with Crippen LogP contribution in [0.2, 0.25) is 5.02 Å². The zero-order valence-electron chi connectivity index (χ0n) is 13.0. The molecular weight excluding hydrogens is 358 g/mol. The van der Waals surface area contributed by atoms with Crippen molar-refractivity contribution >= 4 is 23.2 Å². The lowest BCUT2D eigenvalue weighted by atomic mass is 9.96. The second-order valence-corrected chi connectivity index (χ2v) is 6.12. The molecule has 5 rings (SSSR count). The van der Waals surface area contributed by atoms with Crippen LogP contribution in [0.3, 0.4) is 0 Å².